The Morgan fingerprint density at radius 2 is 0.625 bits per heavy atom. The van der Waals surface area contributed by atoms with Crippen molar-refractivity contribution >= 4 is 57.9 Å². The van der Waals surface area contributed by atoms with Crippen LogP contribution >= 0.6 is 0 Å². The van der Waals surface area contributed by atoms with Crippen LogP contribution in [0.15, 0.2) is 146 Å². The van der Waals surface area contributed by atoms with Gasteiger partial charge in [-0.2, -0.15) is 0 Å². The van der Waals surface area contributed by atoms with Gasteiger partial charge in [0.1, 0.15) is 11.6 Å². The topological polar surface area (TPSA) is 91.5 Å². The minimum Gasteiger partial charge on any atom is -0.354 e. The first-order valence-electron chi connectivity index (χ1n) is 18.3. The summed E-state index contributed by atoms with van der Waals surface area (Å²) in [5, 5.41) is 0. The number of carbonyl (C=O) groups excluding carboxylic acids is 2. The van der Waals surface area contributed by atoms with Crippen molar-refractivity contribution in [3.8, 4) is 44.5 Å². The first-order valence-corrected chi connectivity index (χ1v) is 18.3. The minimum absolute atomic E-state index is 0. The summed E-state index contributed by atoms with van der Waals surface area (Å²) in [6.07, 6.45) is 8.63. The molecule has 2 N–H and O–H groups in total. The molecule has 8 bridgehead atoms. The Labute approximate surface area is 358 Å². The number of aromatic nitrogens is 4. The molecule has 0 saturated carbocycles. The van der Waals surface area contributed by atoms with Crippen molar-refractivity contribution in [2.45, 2.75) is 20.3 Å². The number of ketones is 2. The summed E-state index contributed by atoms with van der Waals surface area (Å²) in [4.78, 5) is 38.4. The van der Waals surface area contributed by atoms with Crippen LogP contribution in [0.2, 0.25) is 0 Å². The average Bonchev–Trinajstić information content (AvgIpc) is 4.04. The first-order chi connectivity index (χ1) is 26.9. The van der Waals surface area contributed by atoms with Crippen molar-refractivity contribution in [2.24, 2.45) is 0 Å². The van der Waals surface area contributed by atoms with Crippen LogP contribution in [0.5, 0.6) is 0 Å². The summed E-state index contributed by atoms with van der Waals surface area (Å²) in [7, 11) is 0. The molecule has 5 heterocycles. The third-order valence-corrected chi connectivity index (χ3v) is 9.50. The molecule has 0 saturated heterocycles. The van der Waals surface area contributed by atoms with Crippen molar-refractivity contribution < 1.29 is 50.4 Å². The van der Waals surface area contributed by atoms with E-state index in [1.165, 1.54) is 13.8 Å². The van der Waals surface area contributed by atoms with Crippen LogP contribution < -0.4 is 0 Å². The van der Waals surface area contributed by atoms with Gasteiger partial charge in [0.25, 0.3) is 0 Å². The Bertz CT molecular complexity index is 2410. The summed E-state index contributed by atoms with van der Waals surface area (Å²) in [6, 6.07) is 50.7. The Morgan fingerprint density at radius 3 is 0.821 bits per heavy atom. The molecule has 6 nitrogen and oxygen atoms in total. The molecule has 7 aromatic rings. The molecule has 267 valence electrons. The minimum atomic E-state index is -0.0625. The Kier molecular flexibility index (Phi) is 11.9. The predicted octanol–water partition coefficient (Wildman–Crippen LogP) is 11.9. The molecular formula is C49H38N4NdO2+3. The number of nitrogens with zero attached hydrogens (tertiary/aromatic N) is 2. The van der Waals surface area contributed by atoms with Crippen LogP contribution in [-0.4, -0.2) is 31.5 Å². The largest absolute Gasteiger partial charge is 3.00 e. The van der Waals surface area contributed by atoms with Gasteiger partial charge in [0.15, 0.2) is 0 Å². The molecule has 0 amide bonds. The third-order valence-electron chi connectivity index (χ3n) is 9.50. The number of aromatic amines is 2. The summed E-state index contributed by atoms with van der Waals surface area (Å²) in [6.45, 7) is 2.81. The SMILES string of the molecule is C1=Cc2nc1c(-c1ccccc1)c1ccc([nH]1)c(-c1ccccc1)c1nc(c(-c3ccccc3)c3ccc([nH]3)c2-c2ccccc2)C=C1.CC(=O)CC(C)=O.[Nd+3]. The van der Waals surface area contributed by atoms with E-state index in [-0.39, 0.29) is 58.8 Å². The summed E-state index contributed by atoms with van der Waals surface area (Å²) in [5.41, 5.74) is 16.2. The summed E-state index contributed by atoms with van der Waals surface area (Å²) < 4.78 is 0. The van der Waals surface area contributed by atoms with E-state index < -0.39 is 0 Å². The Morgan fingerprint density at radius 1 is 0.393 bits per heavy atom. The van der Waals surface area contributed by atoms with Crippen molar-refractivity contribution in [1.29, 1.82) is 0 Å². The number of benzene rings is 4. The van der Waals surface area contributed by atoms with E-state index in [1.54, 1.807) is 0 Å². The third kappa shape index (κ3) is 8.22. The van der Waals surface area contributed by atoms with Gasteiger partial charge in [-0.25, -0.2) is 9.97 Å². The maximum Gasteiger partial charge on any atom is 3.00 e. The molecule has 0 atom stereocenters. The molecule has 0 unspecified atom stereocenters. The smallest absolute Gasteiger partial charge is 0.354 e. The van der Waals surface area contributed by atoms with E-state index in [4.69, 9.17) is 9.97 Å². The van der Waals surface area contributed by atoms with Gasteiger partial charge in [-0.05, 0) is 84.7 Å². The summed E-state index contributed by atoms with van der Waals surface area (Å²) >= 11 is 0. The molecule has 0 aliphatic carbocycles. The monoisotopic (exact) mass is 856 g/mol. The van der Waals surface area contributed by atoms with Crippen molar-refractivity contribution in [2.75, 3.05) is 0 Å². The second kappa shape index (κ2) is 17.3. The average molecular weight is 859 g/mol. The van der Waals surface area contributed by atoms with E-state index in [0.717, 1.165) is 89.4 Å². The molecule has 1 radical (unpaired) electrons. The van der Waals surface area contributed by atoms with Crippen LogP contribution in [-0.2, 0) is 9.59 Å². The van der Waals surface area contributed by atoms with Gasteiger partial charge in [-0.3, -0.25) is 9.59 Å². The van der Waals surface area contributed by atoms with Gasteiger partial charge < -0.3 is 9.97 Å². The van der Waals surface area contributed by atoms with E-state index in [1.807, 2.05) is 24.3 Å². The maximum atomic E-state index is 10.0. The number of hydrogen-bond acceptors (Lipinski definition) is 4. The Balaban J connectivity index is 0.000000552. The first kappa shape index (κ1) is 38.4. The molecule has 3 aromatic heterocycles. The number of fused-ring (bicyclic) bond motifs is 8. The molecule has 2 aliphatic heterocycles. The molecule has 9 rings (SSSR count). The van der Waals surface area contributed by atoms with E-state index in [2.05, 4.69) is 156 Å². The van der Waals surface area contributed by atoms with Crippen LogP contribution in [0.3, 0.4) is 0 Å². The quantitative estimate of drug-likeness (QED) is 0.163. The van der Waals surface area contributed by atoms with Crippen molar-refractivity contribution in [3.05, 3.63) is 168 Å². The fourth-order valence-electron chi connectivity index (χ4n) is 7.19. The van der Waals surface area contributed by atoms with Crippen molar-refractivity contribution in [3.63, 3.8) is 0 Å². The zero-order valence-corrected chi connectivity index (χ0v) is 34.3. The normalized spacial score (nSPS) is 11.3. The molecule has 4 aromatic carbocycles. The van der Waals surface area contributed by atoms with Gasteiger partial charge in [0, 0.05) is 44.3 Å². The van der Waals surface area contributed by atoms with Gasteiger partial charge in [0.05, 0.1) is 29.2 Å². The molecule has 56 heavy (non-hydrogen) atoms. The van der Waals surface area contributed by atoms with Crippen LogP contribution in [0, 0.1) is 40.8 Å². The molecule has 0 spiro atoms. The zero-order chi connectivity index (χ0) is 37.7. The maximum absolute atomic E-state index is 10.0. The number of rotatable bonds is 6. The van der Waals surface area contributed by atoms with E-state index >= 15 is 0 Å². The molecule has 7 heteroatoms. The van der Waals surface area contributed by atoms with E-state index in [0.29, 0.717) is 0 Å². The van der Waals surface area contributed by atoms with Gasteiger partial charge in [-0.1, -0.05) is 121 Å². The van der Waals surface area contributed by atoms with E-state index in [9.17, 15) is 9.59 Å². The second-order valence-electron chi connectivity index (χ2n) is 13.5. The van der Waals surface area contributed by atoms with Crippen LogP contribution in [0.25, 0.3) is 90.9 Å². The predicted molar refractivity (Wildman–Crippen MR) is 227 cm³/mol. The van der Waals surface area contributed by atoms with Crippen molar-refractivity contribution in [1.82, 2.24) is 19.9 Å². The number of H-pyrrole nitrogens is 2. The molecule has 0 fully saturated rings. The fourth-order valence-corrected chi connectivity index (χ4v) is 7.19. The molecular weight excluding hydrogens is 821 g/mol. The summed E-state index contributed by atoms with van der Waals surface area (Å²) in [5.74, 6) is -0.125. The van der Waals surface area contributed by atoms with Crippen LogP contribution in [0.4, 0.5) is 0 Å². The standard InChI is InChI=1S/C44H30N4.C5H8O2.Nd/c1-5-13-29(14-6-1)41-33-21-23-35(45-33)42(30-15-7-2-8-16-30)37-25-27-39(47-37)44(32-19-11-4-12-20-32)40-28-26-38(48-40)43(31-17-9-3-10-18-31)36-24-22-34(41)46-36;1-4(6)3-5(2)7;/h1-28,45,48H;3H2,1-2H3;/q;;+3. The van der Waals surface area contributed by atoms with Gasteiger partial charge in [-0.15, -0.1) is 0 Å². The fraction of sp³-hybridized carbons (Fsp3) is 0.0612. The van der Waals surface area contributed by atoms with Gasteiger partial charge in [0.2, 0.25) is 0 Å². The number of nitrogens with one attached hydrogen (secondary N) is 2. The van der Waals surface area contributed by atoms with Crippen LogP contribution in [0.1, 0.15) is 43.0 Å². The molecule has 2 aliphatic rings. The number of carbonyl (C=O) groups is 2. The van der Waals surface area contributed by atoms with Gasteiger partial charge >= 0.3 is 40.8 Å². The number of Topliss-reactive ketones (excluding diaryl/α,β-unsaturated/α-hetero) is 2. The second-order valence-corrected chi connectivity index (χ2v) is 13.5. The Hall–Kier alpha value is -5.83. The zero-order valence-electron chi connectivity index (χ0n) is 31.1. The number of hydrogen-bond donors (Lipinski definition) is 2.